The minimum Gasteiger partial charge on any atom is -0.383 e. The van der Waals surface area contributed by atoms with Crippen molar-refractivity contribution in [2.24, 2.45) is 0 Å². The minimum absolute atomic E-state index is 0.00602. The molecule has 0 radical (unpaired) electrons. The fourth-order valence-electron chi connectivity index (χ4n) is 3.22. The number of aromatic nitrogens is 3. The van der Waals surface area contributed by atoms with Crippen LogP contribution in [-0.2, 0) is 10.0 Å². The molecule has 3 N–H and O–H groups in total. The average molecular weight is 476 g/mol. The van der Waals surface area contributed by atoms with Crippen LogP contribution in [0.4, 0.5) is 11.5 Å². The van der Waals surface area contributed by atoms with Gasteiger partial charge in [0.25, 0.3) is 10.0 Å². The zero-order chi connectivity index (χ0) is 22.3. The van der Waals surface area contributed by atoms with Gasteiger partial charge in [-0.3, -0.25) is 9.52 Å². The molecule has 8 nitrogen and oxygen atoms in total. The predicted octanol–water partition coefficient (Wildman–Crippen LogP) is 4.34. The molecule has 0 bridgehead atoms. The van der Waals surface area contributed by atoms with Crippen molar-refractivity contribution in [3.8, 4) is 0 Å². The van der Waals surface area contributed by atoms with Crippen molar-refractivity contribution in [3.05, 3.63) is 64.4 Å². The Bertz CT molecular complexity index is 1400. The van der Waals surface area contributed by atoms with Crippen LogP contribution in [0.15, 0.2) is 52.4 Å². The third kappa shape index (κ3) is 3.78. The summed E-state index contributed by atoms with van der Waals surface area (Å²) in [5.74, 6) is -0.230. The fourth-order valence-corrected chi connectivity index (χ4v) is 5.60. The van der Waals surface area contributed by atoms with Crippen LogP contribution in [0.1, 0.15) is 35.8 Å². The van der Waals surface area contributed by atoms with Crippen molar-refractivity contribution in [2.45, 2.75) is 24.1 Å². The summed E-state index contributed by atoms with van der Waals surface area (Å²) in [5.41, 5.74) is 7.13. The van der Waals surface area contributed by atoms with Gasteiger partial charge < -0.3 is 10.3 Å². The van der Waals surface area contributed by atoms with Crippen LogP contribution < -0.4 is 10.5 Å². The molecule has 1 aromatic carbocycles. The van der Waals surface area contributed by atoms with E-state index in [9.17, 15) is 13.2 Å². The number of rotatable bonds is 6. The lowest BCUT2D eigenvalue weighted by atomic mass is 10.0. The summed E-state index contributed by atoms with van der Waals surface area (Å²) in [6.45, 7) is 3.91. The number of hydrogen-bond acceptors (Lipinski definition) is 7. The highest BCUT2D eigenvalue weighted by Gasteiger charge is 2.25. The van der Waals surface area contributed by atoms with Crippen LogP contribution in [0.2, 0.25) is 5.02 Å². The standard InChI is InChI=1S/C20H18ClN5O3S2/c1-11(2)26-9-13(16-19(22)23-10-24-20(16)26)18(27)12-5-3-6-14(17(12)21)25-31(28,29)15-7-4-8-30-15/h3-11,25H,1-2H3,(H2,22,23,24). The van der Waals surface area contributed by atoms with E-state index in [0.29, 0.717) is 16.6 Å². The quantitative estimate of drug-likeness (QED) is 0.400. The monoisotopic (exact) mass is 475 g/mol. The van der Waals surface area contributed by atoms with E-state index in [1.807, 2.05) is 18.4 Å². The SMILES string of the molecule is CC(C)n1cc(C(=O)c2cccc(NS(=O)(=O)c3cccs3)c2Cl)c2c(N)ncnc21. The second kappa shape index (κ2) is 7.95. The number of thiophene rings is 1. The number of sulfonamides is 1. The van der Waals surface area contributed by atoms with Crippen LogP contribution >= 0.6 is 22.9 Å². The number of ketones is 1. The Morgan fingerprint density at radius 1 is 1.19 bits per heavy atom. The number of carbonyl (C=O) groups excluding carboxylic acids is 1. The van der Waals surface area contributed by atoms with E-state index in [2.05, 4.69) is 14.7 Å². The number of nitrogen functional groups attached to an aromatic ring is 1. The van der Waals surface area contributed by atoms with Crippen molar-refractivity contribution < 1.29 is 13.2 Å². The molecular weight excluding hydrogens is 458 g/mol. The summed E-state index contributed by atoms with van der Waals surface area (Å²) in [6.07, 6.45) is 3.01. The Kier molecular flexibility index (Phi) is 5.46. The highest BCUT2D eigenvalue weighted by molar-refractivity contribution is 7.94. The molecule has 160 valence electrons. The third-order valence-electron chi connectivity index (χ3n) is 4.69. The molecule has 31 heavy (non-hydrogen) atoms. The lowest BCUT2D eigenvalue weighted by molar-refractivity contribution is 0.104. The summed E-state index contributed by atoms with van der Waals surface area (Å²) < 4.78 is 29.6. The maximum atomic E-state index is 13.4. The highest BCUT2D eigenvalue weighted by Crippen LogP contribution is 2.33. The molecule has 0 aliphatic carbocycles. The minimum atomic E-state index is -3.82. The number of carbonyl (C=O) groups is 1. The Labute approximate surface area is 187 Å². The van der Waals surface area contributed by atoms with E-state index in [0.717, 1.165) is 11.3 Å². The lowest BCUT2D eigenvalue weighted by Gasteiger charge is -2.11. The van der Waals surface area contributed by atoms with Crippen LogP contribution in [0.5, 0.6) is 0 Å². The Balaban J connectivity index is 1.80. The average Bonchev–Trinajstić information content (AvgIpc) is 3.38. The molecule has 4 rings (SSSR count). The molecule has 0 saturated heterocycles. The van der Waals surface area contributed by atoms with Gasteiger partial charge in [0.15, 0.2) is 5.78 Å². The Hall–Kier alpha value is -2.95. The first-order valence-corrected chi connectivity index (χ1v) is 12.0. The smallest absolute Gasteiger partial charge is 0.271 e. The first kappa shape index (κ1) is 21.3. The van der Waals surface area contributed by atoms with Gasteiger partial charge in [0.2, 0.25) is 0 Å². The van der Waals surface area contributed by atoms with Crippen LogP contribution in [0.25, 0.3) is 11.0 Å². The molecule has 3 heterocycles. The number of hydrogen-bond donors (Lipinski definition) is 2. The molecular formula is C20H18ClN5O3S2. The van der Waals surface area contributed by atoms with Crippen molar-refractivity contribution in [1.82, 2.24) is 14.5 Å². The number of halogens is 1. The molecule has 0 unspecified atom stereocenters. The maximum Gasteiger partial charge on any atom is 0.271 e. The van der Waals surface area contributed by atoms with Gasteiger partial charge in [-0.2, -0.15) is 0 Å². The summed E-state index contributed by atoms with van der Waals surface area (Å²) in [6, 6.07) is 7.74. The number of fused-ring (bicyclic) bond motifs is 1. The lowest BCUT2D eigenvalue weighted by Crippen LogP contribution is -2.13. The molecule has 3 aromatic heterocycles. The van der Waals surface area contributed by atoms with Crippen LogP contribution in [0.3, 0.4) is 0 Å². The first-order valence-electron chi connectivity index (χ1n) is 9.21. The largest absolute Gasteiger partial charge is 0.383 e. The number of anilines is 2. The van der Waals surface area contributed by atoms with Gasteiger partial charge in [-0.25, -0.2) is 18.4 Å². The molecule has 0 aliphatic rings. The van der Waals surface area contributed by atoms with Gasteiger partial charge in [0, 0.05) is 17.8 Å². The molecule has 0 amide bonds. The molecule has 0 atom stereocenters. The number of nitrogens with two attached hydrogens (primary N) is 1. The van der Waals surface area contributed by atoms with Crippen LogP contribution in [0, 0.1) is 0 Å². The summed E-state index contributed by atoms with van der Waals surface area (Å²) in [7, 11) is -3.82. The molecule has 0 saturated carbocycles. The van der Waals surface area contributed by atoms with Crippen molar-refractivity contribution in [1.29, 1.82) is 0 Å². The Morgan fingerprint density at radius 2 is 1.97 bits per heavy atom. The maximum absolute atomic E-state index is 13.4. The van der Waals surface area contributed by atoms with Crippen molar-refractivity contribution >= 4 is 61.3 Å². The summed E-state index contributed by atoms with van der Waals surface area (Å²) in [5, 5.41) is 2.09. The van der Waals surface area contributed by atoms with Crippen molar-refractivity contribution in [2.75, 3.05) is 10.5 Å². The third-order valence-corrected chi connectivity index (χ3v) is 7.86. The van der Waals surface area contributed by atoms with E-state index in [-0.39, 0.29) is 32.3 Å². The number of benzene rings is 1. The van der Waals surface area contributed by atoms with Gasteiger partial charge >= 0.3 is 0 Å². The van der Waals surface area contributed by atoms with E-state index >= 15 is 0 Å². The number of nitrogens with one attached hydrogen (secondary N) is 1. The molecule has 11 heteroatoms. The van der Waals surface area contributed by atoms with Crippen molar-refractivity contribution in [3.63, 3.8) is 0 Å². The van der Waals surface area contributed by atoms with E-state index in [4.69, 9.17) is 17.3 Å². The van der Waals surface area contributed by atoms with E-state index < -0.39 is 15.8 Å². The zero-order valence-electron chi connectivity index (χ0n) is 16.5. The van der Waals surface area contributed by atoms with Gasteiger partial charge in [0.05, 0.1) is 21.7 Å². The topological polar surface area (TPSA) is 120 Å². The van der Waals surface area contributed by atoms with Gasteiger partial charge in [-0.05, 0) is 37.4 Å². The van der Waals surface area contributed by atoms with E-state index in [1.165, 1.54) is 24.5 Å². The van der Waals surface area contributed by atoms with Gasteiger partial charge in [-0.15, -0.1) is 11.3 Å². The highest BCUT2D eigenvalue weighted by atomic mass is 35.5. The predicted molar refractivity (Wildman–Crippen MR) is 122 cm³/mol. The van der Waals surface area contributed by atoms with Gasteiger partial charge in [-0.1, -0.05) is 23.7 Å². The summed E-state index contributed by atoms with van der Waals surface area (Å²) in [4.78, 5) is 21.7. The molecule has 0 spiro atoms. The van der Waals surface area contributed by atoms with E-state index in [1.54, 1.807) is 23.7 Å². The zero-order valence-corrected chi connectivity index (χ0v) is 18.9. The Morgan fingerprint density at radius 3 is 2.65 bits per heavy atom. The molecule has 4 aromatic rings. The number of nitrogens with zero attached hydrogens (tertiary/aromatic N) is 3. The molecule has 0 aliphatic heterocycles. The van der Waals surface area contributed by atoms with Crippen LogP contribution in [-0.4, -0.2) is 28.7 Å². The fraction of sp³-hybridized carbons (Fsp3) is 0.150. The normalized spacial score (nSPS) is 11.9. The summed E-state index contributed by atoms with van der Waals surface area (Å²) >= 11 is 7.55. The van der Waals surface area contributed by atoms with Gasteiger partial charge in [0.1, 0.15) is 22.0 Å². The second-order valence-corrected chi connectivity index (χ2v) is 10.3. The second-order valence-electron chi connectivity index (χ2n) is 7.04. The first-order chi connectivity index (χ1) is 14.7. The molecule has 0 fully saturated rings.